The van der Waals surface area contributed by atoms with Crippen molar-refractivity contribution < 1.29 is 18.7 Å². The second kappa shape index (κ2) is 7.13. The highest BCUT2D eigenvalue weighted by Crippen LogP contribution is 2.42. The molecule has 146 valence electrons. The molecule has 6 heteroatoms. The number of methoxy groups -OCH3 is 1. The second-order valence-electron chi connectivity index (χ2n) is 8.28. The van der Waals surface area contributed by atoms with Gasteiger partial charge in [-0.3, -0.25) is 9.59 Å². The number of ether oxygens (including phenoxy) is 1. The monoisotopic (exact) mass is 374 g/mol. The van der Waals surface area contributed by atoms with Gasteiger partial charge in [-0.2, -0.15) is 0 Å². The summed E-state index contributed by atoms with van der Waals surface area (Å²) >= 11 is 0. The summed E-state index contributed by atoms with van der Waals surface area (Å²) in [7, 11) is 1.55. The Hall–Kier alpha value is -2.11. The van der Waals surface area contributed by atoms with Crippen LogP contribution in [0.25, 0.3) is 0 Å². The minimum atomic E-state index is -0.479. The fourth-order valence-corrected chi connectivity index (χ4v) is 4.47. The lowest BCUT2D eigenvalue weighted by atomic mass is 9.78. The Bertz CT molecular complexity index is 749. The highest BCUT2D eigenvalue weighted by atomic mass is 19.1. The zero-order chi connectivity index (χ0) is 19.0. The normalized spacial score (nSPS) is 25.3. The fourth-order valence-electron chi connectivity index (χ4n) is 4.47. The molecule has 1 aromatic carbocycles. The van der Waals surface area contributed by atoms with Gasteiger partial charge in [0, 0.05) is 38.2 Å². The first-order chi connectivity index (χ1) is 13.0. The Morgan fingerprint density at radius 3 is 2.85 bits per heavy atom. The van der Waals surface area contributed by atoms with Crippen LogP contribution in [0.2, 0.25) is 0 Å². The quantitative estimate of drug-likeness (QED) is 0.796. The molecule has 1 aromatic rings. The predicted octanol–water partition coefficient (Wildman–Crippen LogP) is 2.98. The van der Waals surface area contributed by atoms with E-state index in [1.54, 1.807) is 24.1 Å². The molecule has 0 aromatic heterocycles. The average molecular weight is 374 g/mol. The summed E-state index contributed by atoms with van der Waals surface area (Å²) in [6.07, 6.45) is 5.37. The van der Waals surface area contributed by atoms with E-state index in [-0.39, 0.29) is 24.2 Å². The van der Waals surface area contributed by atoms with E-state index in [4.69, 9.17) is 4.74 Å². The van der Waals surface area contributed by atoms with Crippen molar-refractivity contribution in [1.29, 1.82) is 0 Å². The third-order valence-electron chi connectivity index (χ3n) is 6.31. The van der Waals surface area contributed by atoms with E-state index in [1.807, 2.05) is 4.90 Å². The van der Waals surface area contributed by atoms with Crippen molar-refractivity contribution in [1.82, 2.24) is 9.80 Å². The number of rotatable bonds is 5. The number of piperidine rings is 1. The van der Waals surface area contributed by atoms with Crippen LogP contribution in [-0.4, -0.2) is 48.4 Å². The van der Waals surface area contributed by atoms with E-state index >= 15 is 0 Å². The largest absolute Gasteiger partial charge is 0.497 e. The van der Waals surface area contributed by atoms with Crippen molar-refractivity contribution in [3.63, 3.8) is 0 Å². The van der Waals surface area contributed by atoms with Crippen LogP contribution < -0.4 is 4.74 Å². The molecule has 0 bridgehead atoms. The highest BCUT2D eigenvalue weighted by Gasteiger charge is 2.49. The van der Waals surface area contributed by atoms with Crippen molar-refractivity contribution in [3.05, 3.63) is 29.6 Å². The molecule has 0 N–H and O–H groups in total. The van der Waals surface area contributed by atoms with Crippen LogP contribution in [0.1, 0.15) is 44.1 Å². The van der Waals surface area contributed by atoms with E-state index < -0.39 is 5.41 Å². The van der Waals surface area contributed by atoms with Gasteiger partial charge in [0.25, 0.3) is 0 Å². The number of likely N-dealkylation sites (tertiary alicyclic amines) is 2. The summed E-state index contributed by atoms with van der Waals surface area (Å²) in [5.41, 5.74) is -0.00768. The number of nitrogens with zero attached hydrogens (tertiary/aromatic N) is 2. The van der Waals surface area contributed by atoms with Crippen LogP contribution >= 0.6 is 0 Å². The molecule has 0 radical (unpaired) electrons. The van der Waals surface area contributed by atoms with Gasteiger partial charge in [0.2, 0.25) is 11.8 Å². The van der Waals surface area contributed by atoms with E-state index in [9.17, 15) is 14.0 Å². The zero-order valence-electron chi connectivity index (χ0n) is 15.9. The Morgan fingerprint density at radius 1 is 1.30 bits per heavy atom. The molecule has 4 rings (SSSR count). The minimum Gasteiger partial charge on any atom is -0.497 e. The molecule has 2 saturated heterocycles. The van der Waals surface area contributed by atoms with Gasteiger partial charge in [-0.1, -0.05) is 0 Å². The lowest BCUT2D eigenvalue weighted by Gasteiger charge is -2.39. The second-order valence-corrected chi connectivity index (χ2v) is 8.28. The lowest BCUT2D eigenvalue weighted by Crippen LogP contribution is -2.50. The highest BCUT2D eigenvalue weighted by molar-refractivity contribution is 5.86. The summed E-state index contributed by atoms with van der Waals surface area (Å²) in [6.45, 7) is 2.07. The smallest absolute Gasteiger partial charge is 0.230 e. The molecule has 3 fully saturated rings. The Labute approximate surface area is 159 Å². The first kappa shape index (κ1) is 18.3. The van der Waals surface area contributed by atoms with Crippen LogP contribution in [0, 0.1) is 17.2 Å². The van der Waals surface area contributed by atoms with Gasteiger partial charge in [0.05, 0.1) is 12.5 Å². The molecular formula is C21H27FN2O3. The maximum atomic E-state index is 14.2. The van der Waals surface area contributed by atoms with Crippen LogP contribution in [0.3, 0.4) is 0 Å². The number of benzene rings is 1. The summed E-state index contributed by atoms with van der Waals surface area (Å²) in [5.74, 6) is 1.08. The predicted molar refractivity (Wildman–Crippen MR) is 98.6 cm³/mol. The van der Waals surface area contributed by atoms with Gasteiger partial charge in [0.15, 0.2) is 0 Å². The Balaban J connectivity index is 1.45. The number of hydrogen-bond acceptors (Lipinski definition) is 3. The van der Waals surface area contributed by atoms with Crippen LogP contribution in [0.5, 0.6) is 5.75 Å². The van der Waals surface area contributed by atoms with Gasteiger partial charge in [-0.05, 0) is 56.2 Å². The topological polar surface area (TPSA) is 49.9 Å². The van der Waals surface area contributed by atoms with Gasteiger partial charge < -0.3 is 14.5 Å². The van der Waals surface area contributed by atoms with Gasteiger partial charge in [-0.15, -0.1) is 0 Å². The van der Waals surface area contributed by atoms with Crippen molar-refractivity contribution in [3.8, 4) is 5.75 Å². The minimum absolute atomic E-state index is 0.0673. The maximum absolute atomic E-state index is 14.2. The molecule has 1 atom stereocenters. The number of carbonyl (C=O) groups excluding carboxylic acids is 2. The maximum Gasteiger partial charge on any atom is 0.230 e. The third-order valence-corrected chi connectivity index (χ3v) is 6.31. The Morgan fingerprint density at radius 2 is 2.11 bits per heavy atom. The van der Waals surface area contributed by atoms with E-state index in [2.05, 4.69) is 0 Å². The van der Waals surface area contributed by atoms with Gasteiger partial charge in [0.1, 0.15) is 11.6 Å². The fraction of sp³-hybridized carbons (Fsp3) is 0.619. The number of hydrogen-bond donors (Lipinski definition) is 0. The van der Waals surface area contributed by atoms with E-state index in [0.717, 1.165) is 32.1 Å². The number of amides is 2. The third kappa shape index (κ3) is 3.66. The van der Waals surface area contributed by atoms with Crippen molar-refractivity contribution in [2.75, 3.05) is 26.7 Å². The van der Waals surface area contributed by atoms with Crippen molar-refractivity contribution >= 4 is 11.8 Å². The number of halogens is 1. The molecule has 3 aliphatic rings. The summed E-state index contributed by atoms with van der Waals surface area (Å²) in [4.78, 5) is 29.4. The van der Waals surface area contributed by atoms with Gasteiger partial charge in [-0.25, -0.2) is 4.39 Å². The van der Waals surface area contributed by atoms with Crippen LogP contribution in [0.4, 0.5) is 4.39 Å². The van der Waals surface area contributed by atoms with E-state index in [1.165, 1.54) is 6.07 Å². The molecule has 1 aliphatic carbocycles. The molecule has 2 heterocycles. The summed E-state index contributed by atoms with van der Waals surface area (Å²) in [6, 6.07) is 4.62. The molecular weight excluding hydrogens is 347 g/mol. The molecule has 27 heavy (non-hydrogen) atoms. The molecule has 1 unspecified atom stereocenters. The standard InChI is InChI=1S/C21H27FN2O3/c1-27-17-5-6-18(22)16(12-17)13-23-9-2-7-21(20(23)26)8-10-24(14-21)19(25)11-15-3-4-15/h5-6,12,15H,2-4,7-11,13-14H2,1H3. The van der Waals surface area contributed by atoms with Gasteiger partial charge >= 0.3 is 0 Å². The lowest BCUT2D eigenvalue weighted by molar-refractivity contribution is -0.146. The molecule has 5 nitrogen and oxygen atoms in total. The molecule has 1 saturated carbocycles. The number of carbonyl (C=O) groups is 2. The first-order valence-corrected chi connectivity index (χ1v) is 9.90. The molecule has 2 amide bonds. The van der Waals surface area contributed by atoms with Crippen molar-refractivity contribution in [2.24, 2.45) is 11.3 Å². The van der Waals surface area contributed by atoms with E-state index in [0.29, 0.717) is 43.3 Å². The zero-order valence-corrected chi connectivity index (χ0v) is 15.9. The molecule has 2 aliphatic heterocycles. The summed E-state index contributed by atoms with van der Waals surface area (Å²) < 4.78 is 19.4. The van der Waals surface area contributed by atoms with Crippen molar-refractivity contribution in [2.45, 2.75) is 45.1 Å². The molecule has 1 spiro atoms. The Kier molecular flexibility index (Phi) is 4.82. The van der Waals surface area contributed by atoms with Crippen LogP contribution in [0.15, 0.2) is 18.2 Å². The first-order valence-electron chi connectivity index (χ1n) is 9.90. The summed E-state index contributed by atoms with van der Waals surface area (Å²) in [5, 5.41) is 0. The average Bonchev–Trinajstić information content (AvgIpc) is 3.37. The van der Waals surface area contributed by atoms with Crippen LogP contribution in [-0.2, 0) is 16.1 Å². The SMILES string of the molecule is COc1ccc(F)c(CN2CCCC3(CCN(C(=O)CC4CC4)C3)C2=O)c1.